The normalized spacial score (nSPS) is 16.5. The summed E-state index contributed by atoms with van der Waals surface area (Å²) in [5.74, 6) is -0.0232. The molecule has 5 heteroatoms. The van der Waals surface area contributed by atoms with Crippen molar-refractivity contribution in [2.75, 3.05) is 14.1 Å². The molecule has 0 saturated carbocycles. The van der Waals surface area contributed by atoms with E-state index in [1.807, 2.05) is 0 Å². The zero-order valence-electron chi connectivity index (χ0n) is 19.1. The number of carbonyl (C=O) groups excluding carboxylic acids is 1. The summed E-state index contributed by atoms with van der Waals surface area (Å²) in [6.07, 6.45) is 4.88. The van der Waals surface area contributed by atoms with Gasteiger partial charge < -0.3 is 0 Å². The second-order valence-electron chi connectivity index (χ2n) is 9.13. The summed E-state index contributed by atoms with van der Waals surface area (Å²) < 4.78 is 0. The van der Waals surface area contributed by atoms with E-state index in [2.05, 4.69) is 61.5 Å². The highest BCUT2D eigenvalue weighted by atomic mass is 16.6. The fourth-order valence-corrected chi connectivity index (χ4v) is 5.33. The van der Waals surface area contributed by atoms with Crippen molar-refractivity contribution in [2.45, 2.75) is 32.2 Å². The minimum atomic E-state index is -0.424. The number of rotatable bonds is 4. The van der Waals surface area contributed by atoms with Crippen LogP contribution in [0.1, 0.15) is 45.9 Å². The number of hydrogen-bond acceptors (Lipinski definition) is 4. The van der Waals surface area contributed by atoms with Crippen LogP contribution in [-0.4, -0.2) is 29.7 Å². The van der Waals surface area contributed by atoms with Crippen molar-refractivity contribution in [2.24, 2.45) is 0 Å². The lowest BCUT2D eigenvalue weighted by atomic mass is 9.81. The van der Waals surface area contributed by atoms with Gasteiger partial charge in [-0.15, -0.1) is 0 Å². The third-order valence-electron chi connectivity index (χ3n) is 6.92. The maximum Gasteiger partial charge on any atom is 0.269 e. The minimum absolute atomic E-state index is 0.00944. The number of non-ortho nitro benzene ring substituents is 1. The Balaban J connectivity index is 1.78. The summed E-state index contributed by atoms with van der Waals surface area (Å²) in [5.41, 5.74) is 4.55. The summed E-state index contributed by atoms with van der Waals surface area (Å²) in [6.45, 7) is 1.77. The van der Waals surface area contributed by atoms with Gasteiger partial charge in [0.15, 0.2) is 5.78 Å². The Kier molecular flexibility index (Phi) is 5.22. The molecule has 2 aliphatic rings. The summed E-state index contributed by atoms with van der Waals surface area (Å²) in [7, 11) is 4.19. The van der Waals surface area contributed by atoms with E-state index in [1.165, 1.54) is 38.9 Å². The molecule has 0 amide bonds. The van der Waals surface area contributed by atoms with Crippen LogP contribution in [0.25, 0.3) is 11.6 Å². The van der Waals surface area contributed by atoms with E-state index in [-0.39, 0.29) is 17.5 Å². The molecule has 2 aliphatic carbocycles. The fraction of sp³-hybridized carbons (Fsp3) is 0.250. The van der Waals surface area contributed by atoms with Gasteiger partial charge in [-0.3, -0.25) is 19.8 Å². The molecule has 33 heavy (non-hydrogen) atoms. The van der Waals surface area contributed by atoms with Crippen molar-refractivity contribution in [3.8, 4) is 0 Å². The van der Waals surface area contributed by atoms with Gasteiger partial charge in [-0.05, 0) is 83.9 Å². The number of Topliss-reactive ketones (excluding diaryl/α,β-unsaturated/α-hetero) is 1. The van der Waals surface area contributed by atoms with E-state index in [0.717, 1.165) is 23.6 Å². The lowest BCUT2D eigenvalue weighted by Gasteiger charge is -2.29. The summed E-state index contributed by atoms with van der Waals surface area (Å²) in [6, 6.07) is 17.4. The number of nitro benzene ring substituents is 1. The number of nitro groups is 1. The Hall–Kier alpha value is -3.57. The van der Waals surface area contributed by atoms with Crippen LogP contribution < -0.4 is 10.4 Å². The molecule has 3 aromatic carbocycles. The molecule has 0 spiro atoms. The molecule has 1 atom stereocenters. The van der Waals surface area contributed by atoms with Crippen LogP contribution in [-0.2, 0) is 6.42 Å². The average molecular weight is 439 g/mol. The number of nitrogens with zero attached hydrogens (tertiary/aromatic N) is 2. The molecule has 0 saturated heterocycles. The topological polar surface area (TPSA) is 63.5 Å². The lowest BCUT2D eigenvalue weighted by Crippen LogP contribution is -2.31. The van der Waals surface area contributed by atoms with Gasteiger partial charge in [-0.25, -0.2) is 0 Å². The Bertz CT molecular complexity index is 1540. The lowest BCUT2D eigenvalue weighted by molar-refractivity contribution is -0.384. The second-order valence-corrected chi connectivity index (χ2v) is 9.13. The van der Waals surface area contributed by atoms with Crippen molar-refractivity contribution >= 4 is 23.1 Å². The van der Waals surface area contributed by atoms with Gasteiger partial charge in [-0.1, -0.05) is 42.5 Å². The number of aryl methyl sites for hydroxylation is 1. The summed E-state index contributed by atoms with van der Waals surface area (Å²) in [5, 5.41) is 15.9. The molecule has 0 radical (unpaired) electrons. The van der Waals surface area contributed by atoms with E-state index >= 15 is 0 Å². The molecular formula is C28H26N2O3. The first-order valence-electron chi connectivity index (χ1n) is 11.3. The third kappa shape index (κ3) is 3.49. The van der Waals surface area contributed by atoms with E-state index in [4.69, 9.17) is 0 Å². The van der Waals surface area contributed by atoms with Crippen molar-refractivity contribution in [3.63, 3.8) is 0 Å². The second kappa shape index (κ2) is 8.09. The van der Waals surface area contributed by atoms with E-state index in [0.29, 0.717) is 17.5 Å². The average Bonchev–Trinajstić information content (AvgIpc) is 2.82. The molecular weight excluding hydrogens is 412 g/mol. The molecule has 0 aliphatic heterocycles. The standard InChI is InChI=1S/C28H26N2O3/c1-17-15-19(30(32)33)11-12-20(17)28(31)25-10-6-9-23-22(25)13-14-24-21-8-5-4-7-18(21)16-26(27(23)24)29(2)3/h4-5,7-8,11-16,26H,6,9-10H2,1-3H3. The number of hydrogen-bond donors (Lipinski definition) is 0. The highest BCUT2D eigenvalue weighted by Gasteiger charge is 2.26. The molecule has 0 bridgehead atoms. The number of ketones is 1. The zero-order valence-corrected chi connectivity index (χ0v) is 19.1. The van der Waals surface area contributed by atoms with Gasteiger partial charge in [0, 0.05) is 23.3 Å². The van der Waals surface area contributed by atoms with Crippen LogP contribution in [0.15, 0.2) is 54.6 Å². The molecule has 3 aromatic rings. The van der Waals surface area contributed by atoms with Gasteiger partial charge in [0.05, 0.1) is 11.0 Å². The predicted molar refractivity (Wildman–Crippen MR) is 129 cm³/mol. The van der Waals surface area contributed by atoms with E-state index < -0.39 is 4.92 Å². The van der Waals surface area contributed by atoms with Crippen molar-refractivity contribution in [1.82, 2.24) is 4.90 Å². The Morgan fingerprint density at radius 2 is 1.76 bits per heavy atom. The molecule has 1 unspecified atom stereocenters. The molecule has 0 aromatic heterocycles. The van der Waals surface area contributed by atoms with Crippen LogP contribution in [0.2, 0.25) is 0 Å². The van der Waals surface area contributed by atoms with E-state index in [9.17, 15) is 14.9 Å². The van der Waals surface area contributed by atoms with Gasteiger partial charge in [0.1, 0.15) is 0 Å². The molecule has 0 heterocycles. The monoisotopic (exact) mass is 438 g/mol. The Morgan fingerprint density at radius 1 is 1.00 bits per heavy atom. The third-order valence-corrected chi connectivity index (χ3v) is 6.92. The molecule has 5 nitrogen and oxygen atoms in total. The number of fused-ring (bicyclic) bond motifs is 4. The largest absolute Gasteiger partial charge is 0.299 e. The van der Waals surface area contributed by atoms with Crippen molar-refractivity contribution < 1.29 is 9.72 Å². The maximum atomic E-state index is 13.6. The molecule has 5 rings (SSSR count). The zero-order chi connectivity index (χ0) is 23.3. The van der Waals surface area contributed by atoms with Crippen LogP contribution in [0.4, 0.5) is 5.69 Å². The Morgan fingerprint density at radius 3 is 2.48 bits per heavy atom. The Labute approximate surface area is 192 Å². The SMILES string of the molecule is Cc1cc([N+](=O)[O-])ccc1C(=O)C1=c2ccc3c(c2CCC1)C(N(C)C)C=c1ccccc1=3. The molecule has 0 N–H and O–H groups in total. The fourth-order valence-electron chi connectivity index (χ4n) is 5.33. The quantitative estimate of drug-likeness (QED) is 0.351. The first-order valence-corrected chi connectivity index (χ1v) is 11.3. The van der Waals surface area contributed by atoms with E-state index in [1.54, 1.807) is 13.0 Å². The highest BCUT2D eigenvalue weighted by Crippen LogP contribution is 2.30. The van der Waals surface area contributed by atoms with Crippen LogP contribution in [0.3, 0.4) is 0 Å². The molecule has 0 fully saturated rings. The first-order chi connectivity index (χ1) is 15.9. The van der Waals surface area contributed by atoms with Crippen molar-refractivity contribution in [3.05, 3.63) is 108 Å². The highest BCUT2D eigenvalue weighted by molar-refractivity contribution is 6.25. The maximum absolute atomic E-state index is 13.6. The minimum Gasteiger partial charge on any atom is -0.299 e. The van der Waals surface area contributed by atoms with Gasteiger partial charge in [0.25, 0.3) is 5.69 Å². The van der Waals surface area contributed by atoms with Gasteiger partial charge in [0.2, 0.25) is 0 Å². The van der Waals surface area contributed by atoms with Crippen LogP contribution in [0.5, 0.6) is 0 Å². The summed E-state index contributed by atoms with van der Waals surface area (Å²) in [4.78, 5) is 26.5. The predicted octanol–water partition coefficient (Wildman–Crippen LogP) is 3.96. The number of benzene rings is 3. The first kappa shape index (κ1) is 21.3. The summed E-state index contributed by atoms with van der Waals surface area (Å²) >= 11 is 0. The van der Waals surface area contributed by atoms with Gasteiger partial charge in [-0.2, -0.15) is 0 Å². The van der Waals surface area contributed by atoms with Crippen molar-refractivity contribution in [1.29, 1.82) is 0 Å². The number of carbonyl (C=O) groups is 1. The van der Waals surface area contributed by atoms with Crippen LogP contribution in [0, 0.1) is 27.5 Å². The smallest absolute Gasteiger partial charge is 0.269 e. The van der Waals surface area contributed by atoms with Gasteiger partial charge >= 0.3 is 0 Å². The van der Waals surface area contributed by atoms with Crippen LogP contribution >= 0.6 is 0 Å². The molecule has 166 valence electrons.